The molecule has 7 heteroatoms. The molecule has 7 nitrogen and oxygen atoms in total. The van der Waals surface area contributed by atoms with Crippen LogP contribution in [-0.2, 0) is 4.79 Å². The highest BCUT2D eigenvalue weighted by atomic mass is 16.6. The molecule has 0 aliphatic heterocycles. The molecule has 1 rings (SSSR count). The van der Waals surface area contributed by atoms with Crippen LogP contribution in [-0.4, -0.2) is 30.5 Å². The summed E-state index contributed by atoms with van der Waals surface area (Å²) in [6.07, 6.45) is 0.397. The number of non-ortho nitro benzene ring substituents is 1. The Bertz CT molecular complexity index is 436. The Morgan fingerprint density at radius 3 is 2.89 bits per heavy atom. The van der Waals surface area contributed by atoms with Gasteiger partial charge in [-0.2, -0.15) is 0 Å². The first-order valence-electron chi connectivity index (χ1n) is 5.38. The van der Waals surface area contributed by atoms with Gasteiger partial charge in [-0.3, -0.25) is 14.9 Å². The average molecular weight is 253 g/mol. The van der Waals surface area contributed by atoms with Gasteiger partial charge in [0.2, 0.25) is 5.91 Å². The molecule has 0 heterocycles. The topological polar surface area (TPSA) is 107 Å². The number of likely N-dealkylation sites (N-methyl/N-ethyl adjacent to an activating group) is 1. The number of nitrogens with zero attached hydrogens (tertiary/aromatic N) is 1. The summed E-state index contributed by atoms with van der Waals surface area (Å²) in [7, 11) is 1.63. The minimum absolute atomic E-state index is 0.0347. The molecule has 98 valence electrons. The van der Waals surface area contributed by atoms with E-state index in [1.165, 1.54) is 18.2 Å². The van der Waals surface area contributed by atoms with Crippen LogP contribution >= 0.6 is 0 Å². The molecule has 0 aromatic heterocycles. The minimum Gasteiger partial charge on any atom is -0.493 e. The van der Waals surface area contributed by atoms with Crippen molar-refractivity contribution in [2.24, 2.45) is 5.73 Å². The summed E-state index contributed by atoms with van der Waals surface area (Å²) >= 11 is 0. The van der Waals surface area contributed by atoms with Gasteiger partial charge in [-0.25, -0.2) is 0 Å². The fraction of sp³-hybridized carbons (Fsp3) is 0.364. The van der Waals surface area contributed by atoms with E-state index in [0.717, 1.165) is 0 Å². The van der Waals surface area contributed by atoms with Gasteiger partial charge in [-0.1, -0.05) is 6.07 Å². The average Bonchev–Trinajstić information content (AvgIpc) is 2.34. The summed E-state index contributed by atoms with van der Waals surface area (Å²) < 4.78 is 5.33. The lowest BCUT2D eigenvalue weighted by molar-refractivity contribution is -0.384. The van der Waals surface area contributed by atoms with Crippen LogP contribution in [0.4, 0.5) is 5.69 Å². The van der Waals surface area contributed by atoms with Crippen molar-refractivity contribution in [3.63, 3.8) is 0 Å². The second-order valence-electron chi connectivity index (χ2n) is 3.64. The van der Waals surface area contributed by atoms with Gasteiger partial charge in [0.05, 0.1) is 23.6 Å². The zero-order chi connectivity index (χ0) is 13.5. The number of ether oxygens (including phenoxy) is 1. The number of nitro groups is 1. The fourth-order valence-corrected chi connectivity index (χ4v) is 1.41. The third-order valence-electron chi connectivity index (χ3n) is 2.40. The quantitative estimate of drug-likeness (QED) is 0.541. The van der Waals surface area contributed by atoms with Crippen molar-refractivity contribution in [2.75, 3.05) is 13.7 Å². The molecular weight excluding hydrogens is 238 g/mol. The molecule has 1 aromatic rings. The van der Waals surface area contributed by atoms with E-state index < -0.39 is 16.9 Å². The number of hydrogen-bond donors (Lipinski definition) is 2. The van der Waals surface area contributed by atoms with Crippen LogP contribution in [0.3, 0.4) is 0 Å². The van der Waals surface area contributed by atoms with E-state index >= 15 is 0 Å². The fourth-order valence-electron chi connectivity index (χ4n) is 1.41. The Hall–Kier alpha value is -2.15. The first-order valence-corrected chi connectivity index (χ1v) is 5.38. The molecule has 1 amide bonds. The number of carbonyl (C=O) groups excluding carboxylic acids is 1. The van der Waals surface area contributed by atoms with Gasteiger partial charge < -0.3 is 15.8 Å². The zero-order valence-electron chi connectivity index (χ0n) is 9.96. The Labute approximate surface area is 104 Å². The normalized spacial score (nSPS) is 11.8. The maximum Gasteiger partial charge on any atom is 0.273 e. The maximum atomic E-state index is 10.9. The predicted molar refractivity (Wildman–Crippen MR) is 65.3 cm³/mol. The molecular formula is C11H15N3O4. The van der Waals surface area contributed by atoms with Gasteiger partial charge in [0.15, 0.2) is 0 Å². The van der Waals surface area contributed by atoms with Crippen LogP contribution in [0.2, 0.25) is 0 Å². The molecule has 1 atom stereocenters. The van der Waals surface area contributed by atoms with E-state index in [4.69, 9.17) is 10.5 Å². The second-order valence-corrected chi connectivity index (χ2v) is 3.64. The van der Waals surface area contributed by atoms with E-state index in [1.807, 2.05) is 0 Å². The number of rotatable bonds is 7. The molecule has 0 bridgehead atoms. The van der Waals surface area contributed by atoms with Crippen molar-refractivity contribution in [1.82, 2.24) is 5.32 Å². The predicted octanol–water partition coefficient (Wildman–Crippen LogP) is 0.437. The lowest BCUT2D eigenvalue weighted by Gasteiger charge is -2.12. The molecule has 3 N–H and O–H groups in total. The van der Waals surface area contributed by atoms with Crippen LogP contribution < -0.4 is 15.8 Å². The summed E-state index contributed by atoms with van der Waals surface area (Å²) in [5.41, 5.74) is 5.11. The largest absolute Gasteiger partial charge is 0.493 e. The Morgan fingerprint density at radius 1 is 1.61 bits per heavy atom. The number of nitrogens with two attached hydrogens (primary N) is 1. The third kappa shape index (κ3) is 4.02. The van der Waals surface area contributed by atoms with Crippen molar-refractivity contribution < 1.29 is 14.5 Å². The number of primary amides is 1. The first kappa shape index (κ1) is 13.9. The van der Waals surface area contributed by atoms with Crippen molar-refractivity contribution in [1.29, 1.82) is 0 Å². The van der Waals surface area contributed by atoms with Crippen molar-refractivity contribution >= 4 is 11.6 Å². The molecule has 0 spiro atoms. The van der Waals surface area contributed by atoms with Gasteiger partial charge in [0.25, 0.3) is 5.69 Å². The lowest BCUT2D eigenvalue weighted by atomic mass is 10.2. The van der Waals surface area contributed by atoms with Crippen molar-refractivity contribution in [3.8, 4) is 5.75 Å². The number of nitrogens with one attached hydrogen (secondary N) is 1. The van der Waals surface area contributed by atoms with E-state index in [1.54, 1.807) is 13.1 Å². The van der Waals surface area contributed by atoms with Gasteiger partial charge in [-0.15, -0.1) is 0 Å². The number of hydrogen-bond acceptors (Lipinski definition) is 5. The Kier molecular flexibility index (Phi) is 5.06. The highest BCUT2D eigenvalue weighted by molar-refractivity contribution is 5.79. The number of carbonyl (C=O) groups is 1. The van der Waals surface area contributed by atoms with Crippen LogP contribution in [0.25, 0.3) is 0 Å². The monoisotopic (exact) mass is 253 g/mol. The van der Waals surface area contributed by atoms with Gasteiger partial charge in [-0.05, 0) is 13.1 Å². The molecule has 0 radical (unpaired) electrons. The number of nitro benzene ring substituents is 1. The third-order valence-corrected chi connectivity index (χ3v) is 2.40. The minimum atomic E-state index is -0.493. The second kappa shape index (κ2) is 6.55. The molecule has 1 unspecified atom stereocenters. The van der Waals surface area contributed by atoms with E-state index in [9.17, 15) is 14.9 Å². The van der Waals surface area contributed by atoms with Crippen LogP contribution in [0.15, 0.2) is 24.3 Å². The number of benzene rings is 1. The molecule has 0 saturated heterocycles. The molecule has 0 fully saturated rings. The summed E-state index contributed by atoms with van der Waals surface area (Å²) in [5, 5.41) is 13.3. The number of amides is 1. The summed E-state index contributed by atoms with van der Waals surface area (Å²) in [5.74, 6) is -0.0661. The molecule has 1 aromatic carbocycles. The smallest absolute Gasteiger partial charge is 0.273 e. The summed E-state index contributed by atoms with van der Waals surface area (Å²) in [6.45, 7) is 0.246. The summed E-state index contributed by atoms with van der Waals surface area (Å²) in [4.78, 5) is 21.0. The lowest BCUT2D eigenvalue weighted by Crippen LogP contribution is -2.40. The van der Waals surface area contributed by atoms with Crippen molar-refractivity contribution in [2.45, 2.75) is 12.5 Å². The van der Waals surface area contributed by atoms with Crippen LogP contribution in [0, 0.1) is 10.1 Å². The van der Waals surface area contributed by atoms with Crippen LogP contribution in [0.5, 0.6) is 5.75 Å². The van der Waals surface area contributed by atoms with Gasteiger partial charge in [0.1, 0.15) is 5.75 Å². The van der Waals surface area contributed by atoms with Crippen LogP contribution in [0.1, 0.15) is 6.42 Å². The summed E-state index contributed by atoms with van der Waals surface area (Å²) in [6, 6.07) is 5.40. The zero-order valence-corrected chi connectivity index (χ0v) is 9.96. The van der Waals surface area contributed by atoms with Gasteiger partial charge >= 0.3 is 0 Å². The van der Waals surface area contributed by atoms with E-state index in [2.05, 4.69) is 5.32 Å². The maximum absolute atomic E-state index is 10.9. The standard InChI is InChI=1S/C11H15N3O4/c1-13-10(11(12)15)5-6-18-9-4-2-3-8(7-9)14(16)17/h2-4,7,10,13H,5-6H2,1H3,(H2,12,15). The molecule has 0 aliphatic carbocycles. The van der Waals surface area contributed by atoms with Gasteiger partial charge in [0, 0.05) is 12.5 Å². The SMILES string of the molecule is CNC(CCOc1cccc([N+](=O)[O-])c1)C(N)=O. The van der Waals surface area contributed by atoms with E-state index in [-0.39, 0.29) is 12.3 Å². The molecule has 18 heavy (non-hydrogen) atoms. The Balaban J connectivity index is 2.51. The molecule has 0 saturated carbocycles. The molecule has 0 aliphatic rings. The highest BCUT2D eigenvalue weighted by Gasteiger charge is 2.12. The Morgan fingerprint density at radius 2 is 2.33 bits per heavy atom. The van der Waals surface area contributed by atoms with Crippen molar-refractivity contribution in [3.05, 3.63) is 34.4 Å². The highest BCUT2D eigenvalue weighted by Crippen LogP contribution is 2.19. The first-order chi connectivity index (χ1) is 8.54. The van der Waals surface area contributed by atoms with E-state index in [0.29, 0.717) is 12.2 Å².